The van der Waals surface area contributed by atoms with E-state index in [0.29, 0.717) is 5.56 Å². The molecule has 0 aliphatic carbocycles. The summed E-state index contributed by atoms with van der Waals surface area (Å²) in [4.78, 5) is 36.2. The minimum absolute atomic E-state index is 0.139. The number of thioether (sulfide) groups is 1. The summed E-state index contributed by atoms with van der Waals surface area (Å²) in [6, 6.07) is 1.82. The van der Waals surface area contributed by atoms with Gasteiger partial charge in [-0.2, -0.15) is 0 Å². The molecule has 2 amide bonds. The summed E-state index contributed by atoms with van der Waals surface area (Å²) in [5, 5.41) is -0.331. The van der Waals surface area contributed by atoms with Crippen LogP contribution in [0.1, 0.15) is 28.7 Å². The number of imide groups is 1. The van der Waals surface area contributed by atoms with E-state index in [4.69, 9.17) is 0 Å². The molecule has 0 bridgehead atoms. The number of Topliss-reactive ketones (excluding diaryl/α,β-unsaturated/α-hetero) is 1. The SMILES string of the molecule is CCn1c(C)cc(C(=O)CN2C(=O)CSC2=O)c1C. The van der Waals surface area contributed by atoms with Gasteiger partial charge in [0.1, 0.15) is 0 Å². The lowest BCUT2D eigenvalue weighted by Gasteiger charge is -2.11. The van der Waals surface area contributed by atoms with Crippen LogP contribution in [-0.4, -0.2) is 38.7 Å². The topological polar surface area (TPSA) is 59.4 Å². The molecule has 2 rings (SSSR count). The Kier molecular flexibility index (Phi) is 3.80. The molecule has 102 valence electrons. The smallest absolute Gasteiger partial charge is 0.289 e. The second kappa shape index (κ2) is 5.21. The van der Waals surface area contributed by atoms with Gasteiger partial charge >= 0.3 is 0 Å². The van der Waals surface area contributed by atoms with Gasteiger partial charge in [0.05, 0.1) is 12.3 Å². The zero-order valence-corrected chi connectivity index (χ0v) is 12.0. The average molecular weight is 280 g/mol. The standard InChI is InChI=1S/C13H16N2O3S/c1-4-14-8(2)5-10(9(14)3)11(16)6-15-12(17)7-19-13(15)18/h5H,4,6-7H2,1-3H3. The Morgan fingerprint density at radius 3 is 2.53 bits per heavy atom. The molecule has 2 heterocycles. The molecule has 0 N–H and O–H groups in total. The quantitative estimate of drug-likeness (QED) is 0.792. The van der Waals surface area contributed by atoms with Gasteiger partial charge in [0.25, 0.3) is 5.24 Å². The van der Waals surface area contributed by atoms with Gasteiger partial charge in [0.2, 0.25) is 5.91 Å². The minimum Gasteiger partial charge on any atom is -0.349 e. The van der Waals surface area contributed by atoms with Crippen LogP contribution in [0.2, 0.25) is 0 Å². The van der Waals surface area contributed by atoms with E-state index < -0.39 is 0 Å². The minimum atomic E-state index is -0.331. The predicted molar refractivity (Wildman–Crippen MR) is 73.5 cm³/mol. The van der Waals surface area contributed by atoms with E-state index in [-0.39, 0.29) is 29.2 Å². The first kappa shape index (κ1) is 13.9. The second-order valence-electron chi connectivity index (χ2n) is 4.49. The highest BCUT2D eigenvalue weighted by atomic mass is 32.2. The number of aryl methyl sites for hydroxylation is 1. The van der Waals surface area contributed by atoms with E-state index in [1.807, 2.05) is 31.4 Å². The molecule has 1 fully saturated rings. The molecule has 1 aromatic rings. The van der Waals surface area contributed by atoms with Crippen LogP contribution in [0, 0.1) is 13.8 Å². The fourth-order valence-electron chi connectivity index (χ4n) is 2.33. The van der Waals surface area contributed by atoms with Crippen LogP contribution in [0.5, 0.6) is 0 Å². The number of hydrogen-bond donors (Lipinski definition) is 0. The third kappa shape index (κ3) is 2.45. The van der Waals surface area contributed by atoms with E-state index in [9.17, 15) is 14.4 Å². The van der Waals surface area contributed by atoms with Crippen molar-refractivity contribution in [3.63, 3.8) is 0 Å². The maximum absolute atomic E-state index is 12.2. The van der Waals surface area contributed by atoms with Gasteiger partial charge in [-0.25, -0.2) is 0 Å². The van der Waals surface area contributed by atoms with Crippen molar-refractivity contribution in [2.45, 2.75) is 27.3 Å². The number of rotatable bonds is 4. The molecule has 19 heavy (non-hydrogen) atoms. The van der Waals surface area contributed by atoms with Crippen molar-refractivity contribution in [2.75, 3.05) is 12.3 Å². The molecule has 1 aromatic heterocycles. The molecule has 0 radical (unpaired) electrons. The van der Waals surface area contributed by atoms with Crippen molar-refractivity contribution in [3.8, 4) is 0 Å². The van der Waals surface area contributed by atoms with Crippen LogP contribution < -0.4 is 0 Å². The highest BCUT2D eigenvalue weighted by Gasteiger charge is 2.32. The first-order valence-electron chi connectivity index (χ1n) is 6.12. The molecule has 1 aliphatic heterocycles. The van der Waals surface area contributed by atoms with E-state index in [1.54, 1.807) is 0 Å². The molecule has 0 saturated carbocycles. The lowest BCUT2D eigenvalue weighted by molar-refractivity contribution is -0.124. The molecule has 1 saturated heterocycles. The van der Waals surface area contributed by atoms with E-state index in [0.717, 1.165) is 34.6 Å². The number of hydrogen-bond acceptors (Lipinski definition) is 4. The highest BCUT2D eigenvalue weighted by Crippen LogP contribution is 2.21. The molecule has 0 unspecified atom stereocenters. The Labute approximate surface area is 115 Å². The molecular weight excluding hydrogens is 264 g/mol. The van der Waals surface area contributed by atoms with E-state index in [1.165, 1.54) is 0 Å². The zero-order valence-electron chi connectivity index (χ0n) is 11.2. The van der Waals surface area contributed by atoms with Gasteiger partial charge in [0, 0.05) is 23.5 Å². The van der Waals surface area contributed by atoms with Crippen molar-refractivity contribution in [1.29, 1.82) is 0 Å². The van der Waals surface area contributed by atoms with Crippen LogP contribution in [0.4, 0.5) is 4.79 Å². The van der Waals surface area contributed by atoms with E-state index >= 15 is 0 Å². The van der Waals surface area contributed by atoms with Crippen LogP contribution in [0.3, 0.4) is 0 Å². The Morgan fingerprint density at radius 2 is 2.05 bits per heavy atom. The summed E-state index contributed by atoms with van der Waals surface area (Å²) in [5.74, 6) is -0.329. The first-order chi connectivity index (χ1) is 8.95. The summed E-state index contributed by atoms with van der Waals surface area (Å²) in [5.41, 5.74) is 2.49. The second-order valence-corrected chi connectivity index (χ2v) is 5.41. The number of amides is 2. The lowest BCUT2D eigenvalue weighted by atomic mass is 10.1. The van der Waals surface area contributed by atoms with Crippen molar-refractivity contribution in [2.24, 2.45) is 0 Å². The summed E-state index contributed by atoms with van der Waals surface area (Å²) >= 11 is 0.948. The van der Waals surface area contributed by atoms with Crippen molar-refractivity contribution >= 4 is 28.7 Å². The summed E-state index contributed by atoms with van der Waals surface area (Å²) in [6.45, 7) is 6.47. The zero-order chi connectivity index (χ0) is 14.2. The Bertz CT molecular complexity index is 546. The van der Waals surface area contributed by atoms with Gasteiger partial charge in [-0.1, -0.05) is 11.8 Å². The summed E-state index contributed by atoms with van der Waals surface area (Å²) < 4.78 is 2.04. The fourth-order valence-corrected chi connectivity index (χ4v) is 3.06. The summed E-state index contributed by atoms with van der Waals surface area (Å²) in [6.07, 6.45) is 0. The number of carbonyl (C=O) groups excluding carboxylic acids is 3. The fraction of sp³-hybridized carbons (Fsp3) is 0.462. The monoisotopic (exact) mass is 280 g/mol. The maximum atomic E-state index is 12.2. The number of aromatic nitrogens is 1. The number of ketones is 1. The van der Waals surface area contributed by atoms with Crippen LogP contribution >= 0.6 is 11.8 Å². The molecule has 0 spiro atoms. The Hall–Kier alpha value is -1.56. The third-order valence-electron chi connectivity index (χ3n) is 3.33. The average Bonchev–Trinajstić information content (AvgIpc) is 2.83. The molecular formula is C13H16N2O3S. The molecule has 1 aliphatic rings. The number of nitrogens with zero attached hydrogens (tertiary/aromatic N) is 2. The molecule has 0 aromatic carbocycles. The largest absolute Gasteiger partial charge is 0.349 e. The van der Waals surface area contributed by atoms with Gasteiger partial charge in [-0.15, -0.1) is 0 Å². The maximum Gasteiger partial charge on any atom is 0.289 e. The number of carbonyl (C=O) groups is 3. The van der Waals surface area contributed by atoms with Crippen molar-refractivity contribution in [1.82, 2.24) is 9.47 Å². The van der Waals surface area contributed by atoms with Crippen LogP contribution in [0.25, 0.3) is 0 Å². The first-order valence-corrected chi connectivity index (χ1v) is 7.11. The predicted octanol–water partition coefficient (Wildman–Crippen LogP) is 2.00. The van der Waals surface area contributed by atoms with Crippen molar-refractivity contribution < 1.29 is 14.4 Å². The van der Waals surface area contributed by atoms with Crippen LogP contribution in [0.15, 0.2) is 6.07 Å². The third-order valence-corrected chi connectivity index (χ3v) is 4.19. The summed E-state index contributed by atoms with van der Waals surface area (Å²) in [7, 11) is 0. The van der Waals surface area contributed by atoms with Gasteiger partial charge in [-0.3, -0.25) is 19.3 Å². The highest BCUT2D eigenvalue weighted by molar-refractivity contribution is 8.14. The Balaban J connectivity index is 2.21. The lowest BCUT2D eigenvalue weighted by Crippen LogP contribution is -2.34. The molecule has 0 atom stereocenters. The van der Waals surface area contributed by atoms with Crippen molar-refractivity contribution in [3.05, 3.63) is 23.0 Å². The van der Waals surface area contributed by atoms with Gasteiger partial charge < -0.3 is 4.57 Å². The van der Waals surface area contributed by atoms with Crippen LogP contribution in [-0.2, 0) is 11.3 Å². The Morgan fingerprint density at radius 1 is 1.37 bits per heavy atom. The normalized spacial score (nSPS) is 15.4. The van der Waals surface area contributed by atoms with Gasteiger partial charge in [0.15, 0.2) is 5.78 Å². The van der Waals surface area contributed by atoms with Gasteiger partial charge in [-0.05, 0) is 26.8 Å². The molecule has 6 heteroatoms. The van der Waals surface area contributed by atoms with E-state index in [2.05, 4.69) is 0 Å². The molecule has 5 nitrogen and oxygen atoms in total.